The molecule has 0 aliphatic heterocycles. The predicted octanol–water partition coefficient (Wildman–Crippen LogP) is 7.98. The summed E-state index contributed by atoms with van der Waals surface area (Å²) in [5.74, 6) is -3.36. The number of methoxy groups -OCH3 is 1. The predicted molar refractivity (Wildman–Crippen MR) is 111 cm³/mol. The molecule has 4 aromatic rings. The lowest BCUT2D eigenvalue weighted by Crippen LogP contribution is -1.95. The summed E-state index contributed by atoms with van der Waals surface area (Å²) in [7, 11) is 1.27. The maximum atomic E-state index is 14.9. The quantitative estimate of drug-likeness (QED) is 0.290. The van der Waals surface area contributed by atoms with Gasteiger partial charge < -0.3 is 4.74 Å². The van der Waals surface area contributed by atoms with Crippen molar-refractivity contribution in [2.24, 2.45) is 0 Å². The Labute approximate surface area is 179 Å². The molecule has 0 radical (unpaired) electrons. The molecule has 0 bridgehead atoms. The molecule has 7 heteroatoms. The lowest BCUT2D eigenvalue weighted by Gasteiger charge is -2.11. The van der Waals surface area contributed by atoms with E-state index < -0.39 is 34.9 Å². The van der Waals surface area contributed by atoms with E-state index in [-0.39, 0.29) is 27.8 Å². The van der Waals surface area contributed by atoms with Gasteiger partial charge in [0.15, 0.2) is 0 Å². The van der Waals surface area contributed by atoms with Crippen LogP contribution in [0.1, 0.15) is 5.56 Å². The van der Waals surface area contributed by atoms with Crippen molar-refractivity contribution in [3.05, 3.63) is 95.6 Å². The van der Waals surface area contributed by atoms with E-state index in [1.165, 1.54) is 49.6 Å². The second-order valence-electron chi connectivity index (χ2n) is 7.00. The van der Waals surface area contributed by atoms with Crippen LogP contribution in [-0.4, -0.2) is 7.11 Å². The molecular weight excluding hydrogens is 430 g/mol. The lowest BCUT2D eigenvalue weighted by atomic mass is 9.96. The summed E-state index contributed by atoms with van der Waals surface area (Å²) < 4.78 is 87.8. The highest BCUT2D eigenvalue weighted by atomic mass is 19.3. The molecule has 0 atom stereocenters. The Morgan fingerprint density at radius 3 is 2.06 bits per heavy atom. The van der Waals surface area contributed by atoms with Crippen LogP contribution in [-0.2, 0) is 0 Å². The molecule has 0 heterocycles. The first-order chi connectivity index (χ1) is 15.3. The second kappa shape index (κ2) is 8.42. The minimum atomic E-state index is -2.02. The monoisotopic (exact) mass is 444 g/mol. The number of benzene rings is 4. The molecule has 0 aromatic heterocycles. The van der Waals surface area contributed by atoms with Gasteiger partial charge in [0.25, 0.3) is 6.08 Å². The van der Waals surface area contributed by atoms with Gasteiger partial charge in [0.05, 0.1) is 12.7 Å². The summed E-state index contributed by atoms with van der Waals surface area (Å²) >= 11 is 0. The highest BCUT2D eigenvalue weighted by Gasteiger charge is 2.17. The molecule has 4 rings (SSSR count). The zero-order valence-corrected chi connectivity index (χ0v) is 16.5. The van der Waals surface area contributed by atoms with E-state index in [0.29, 0.717) is 17.0 Å². The van der Waals surface area contributed by atoms with E-state index in [9.17, 15) is 26.3 Å². The number of halogens is 6. The molecule has 0 unspecified atom stereocenters. The van der Waals surface area contributed by atoms with Crippen molar-refractivity contribution in [3.63, 3.8) is 0 Å². The van der Waals surface area contributed by atoms with Crippen LogP contribution < -0.4 is 4.74 Å². The van der Waals surface area contributed by atoms with E-state index in [2.05, 4.69) is 0 Å². The van der Waals surface area contributed by atoms with Crippen molar-refractivity contribution >= 4 is 16.8 Å². The largest absolute Gasteiger partial charge is 0.497 e. The van der Waals surface area contributed by atoms with Gasteiger partial charge in [-0.3, -0.25) is 0 Å². The van der Waals surface area contributed by atoms with Crippen LogP contribution in [0.3, 0.4) is 0 Å². The Bertz CT molecular complexity index is 1350. The van der Waals surface area contributed by atoms with Crippen molar-refractivity contribution in [1.29, 1.82) is 0 Å². The first kappa shape index (κ1) is 21.5. The van der Waals surface area contributed by atoms with Gasteiger partial charge in [0.1, 0.15) is 29.0 Å². The average Bonchev–Trinajstić information content (AvgIpc) is 2.75. The molecule has 0 saturated carbocycles. The van der Waals surface area contributed by atoms with Crippen molar-refractivity contribution in [2.75, 3.05) is 7.11 Å². The lowest BCUT2D eigenvalue weighted by molar-refractivity contribution is 0.407. The zero-order chi connectivity index (χ0) is 23.0. The summed E-state index contributed by atoms with van der Waals surface area (Å²) in [6, 6.07) is 12.7. The summed E-state index contributed by atoms with van der Waals surface area (Å²) in [6.07, 6.45) is -1.59. The van der Waals surface area contributed by atoms with E-state index in [1.54, 1.807) is 0 Å². The smallest absolute Gasteiger partial charge is 0.271 e. The van der Waals surface area contributed by atoms with Gasteiger partial charge in [0, 0.05) is 34.7 Å². The van der Waals surface area contributed by atoms with Crippen LogP contribution in [0, 0.1) is 23.3 Å². The molecule has 0 aliphatic rings. The first-order valence-corrected chi connectivity index (χ1v) is 9.37. The average molecular weight is 444 g/mol. The standard InChI is InChI=1S/C25H14F6O/c1-32-17-11-21(27)24(22(28)12-17)15-5-6-18(20(26)9-15)13-4-7-19-14(8-13)2-3-16(25(19)31)10-23(29)30/h2-12H,1H3. The molecule has 162 valence electrons. The third kappa shape index (κ3) is 3.93. The van der Waals surface area contributed by atoms with E-state index in [0.717, 1.165) is 18.2 Å². The van der Waals surface area contributed by atoms with Crippen LogP contribution in [0.25, 0.3) is 39.1 Å². The van der Waals surface area contributed by atoms with Crippen molar-refractivity contribution < 1.29 is 31.1 Å². The van der Waals surface area contributed by atoms with E-state index >= 15 is 0 Å². The van der Waals surface area contributed by atoms with E-state index in [4.69, 9.17) is 4.74 Å². The maximum absolute atomic E-state index is 14.9. The van der Waals surface area contributed by atoms with Gasteiger partial charge in [-0.25, -0.2) is 17.6 Å². The Morgan fingerprint density at radius 1 is 0.750 bits per heavy atom. The molecule has 0 spiro atoms. The Morgan fingerprint density at radius 2 is 1.44 bits per heavy atom. The van der Waals surface area contributed by atoms with Crippen molar-refractivity contribution in [2.45, 2.75) is 0 Å². The van der Waals surface area contributed by atoms with E-state index in [1.807, 2.05) is 0 Å². The SMILES string of the molecule is COc1cc(F)c(-c2ccc(-c3ccc4c(F)c(C=C(F)F)ccc4c3)c(F)c2)c(F)c1. The Hall–Kier alpha value is -3.74. The van der Waals surface area contributed by atoms with Crippen LogP contribution in [0.5, 0.6) is 5.75 Å². The van der Waals surface area contributed by atoms with Crippen LogP contribution in [0.2, 0.25) is 0 Å². The normalized spacial score (nSPS) is 11.0. The van der Waals surface area contributed by atoms with Gasteiger partial charge in [-0.1, -0.05) is 36.4 Å². The number of fused-ring (bicyclic) bond motifs is 1. The third-order valence-corrected chi connectivity index (χ3v) is 5.07. The molecule has 32 heavy (non-hydrogen) atoms. The summed E-state index contributed by atoms with van der Waals surface area (Å²) in [5, 5.41) is 0.482. The first-order valence-electron chi connectivity index (χ1n) is 9.37. The highest BCUT2D eigenvalue weighted by molar-refractivity contribution is 5.90. The highest BCUT2D eigenvalue weighted by Crippen LogP contribution is 2.34. The Kier molecular flexibility index (Phi) is 5.65. The fraction of sp³-hybridized carbons (Fsp3) is 0.0400. The number of hydrogen-bond donors (Lipinski definition) is 0. The minimum absolute atomic E-state index is 0.000384. The minimum Gasteiger partial charge on any atom is -0.497 e. The van der Waals surface area contributed by atoms with Gasteiger partial charge in [-0.15, -0.1) is 0 Å². The number of hydrogen-bond acceptors (Lipinski definition) is 1. The fourth-order valence-electron chi connectivity index (χ4n) is 3.55. The van der Waals surface area contributed by atoms with Gasteiger partial charge >= 0.3 is 0 Å². The molecule has 4 aromatic carbocycles. The number of rotatable bonds is 4. The summed E-state index contributed by atoms with van der Waals surface area (Å²) in [6.45, 7) is 0. The van der Waals surface area contributed by atoms with Crippen molar-refractivity contribution in [3.8, 4) is 28.0 Å². The summed E-state index contributed by atoms with van der Waals surface area (Å²) in [4.78, 5) is 0. The molecule has 0 fully saturated rings. The molecule has 0 amide bonds. The van der Waals surface area contributed by atoms with Crippen LogP contribution >= 0.6 is 0 Å². The number of ether oxygens (including phenoxy) is 1. The second-order valence-corrected chi connectivity index (χ2v) is 7.00. The van der Waals surface area contributed by atoms with Crippen molar-refractivity contribution in [1.82, 2.24) is 0 Å². The zero-order valence-electron chi connectivity index (χ0n) is 16.5. The molecule has 1 nitrogen and oxygen atoms in total. The molecule has 0 aliphatic carbocycles. The van der Waals surface area contributed by atoms with Crippen LogP contribution in [0.15, 0.2) is 66.7 Å². The fourth-order valence-corrected chi connectivity index (χ4v) is 3.55. The third-order valence-electron chi connectivity index (χ3n) is 5.07. The molecular formula is C25H14F6O. The summed E-state index contributed by atoms with van der Waals surface area (Å²) in [5.41, 5.74) is -0.136. The van der Waals surface area contributed by atoms with Gasteiger partial charge in [-0.2, -0.15) is 8.78 Å². The van der Waals surface area contributed by atoms with Gasteiger partial charge in [0.2, 0.25) is 0 Å². The van der Waals surface area contributed by atoms with Gasteiger partial charge in [-0.05, 0) is 28.6 Å². The maximum Gasteiger partial charge on any atom is 0.271 e. The Balaban J connectivity index is 1.76. The molecule has 0 N–H and O–H groups in total. The topological polar surface area (TPSA) is 9.23 Å². The van der Waals surface area contributed by atoms with Crippen LogP contribution in [0.4, 0.5) is 26.3 Å². The molecule has 0 saturated heterocycles.